The standard InChI is InChI=1S/C12H19N3OS/c1-15(8-3-9-17-2)11-6-4-10(5-7-11)12(13)14-16/h4-7,16H,3,8-9H2,1-2H3,(H2,13,14). The van der Waals surface area contributed by atoms with Crippen molar-refractivity contribution < 1.29 is 5.21 Å². The lowest BCUT2D eigenvalue weighted by atomic mass is 10.2. The van der Waals surface area contributed by atoms with E-state index in [1.807, 2.05) is 36.0 Å². The molecule has 0 radical (unpaired) electrons. The third-order valence-electron chi connectivity index (χ3n) is 2.55. The summed E-state index contributed by atoms with van der Waals surface area (Å²) in [5.41, 5.74) is 7.37. The van der Waals surface area contributed by atoms with Crippen molar-refractivity contribution in [2.75, 3.05) is 30.5 Å². The highest BCUT2D eigenvalue weighted by molar-refractivity contribution is 7.98. The summed E-state index contributed by atoms with van der Waals surface area (Å²) in [6, 6.07) is 7.67. The molecule has 0 aliphatic heterocycles. The fourth-order valence-electron chi connectivity index (χ4n) is 1.52. The molecule has 0 aliphatic rings. The summed E-state index contributed by atoms with van der Waals surface area (Å²) >= 11 is 1.86. The van der Waals surface area contributed by atoms with Gasteiger partial charge in [-0.25, -0.2) is 0 Å². The largest absolute Gasteiger partial charge is 0.409 e. The minimum absolute atomic E-state index is 0.140. The Morgan fingerprint density at radius 1 is 1.41 bits per heavy atom. The molecule has 1 aromatic rings. The number of rotatable bonds is 6. The molecule has 94 valence electrons. The van der Waals surface area contributed by atoms with E-state index in [4.69, 9.17) is 10.9 Å². The van der Waals surface area contributed by atoms with Crippen molar-refractivity contribution in [3.8, 4) is 0 Å². The molecule has 0 aliphatic carbocycles. The van der Waals surface area contributed by atoms with E-state index in [0.717, 1.165) is 17.8 Å². The topological polar surface area (TPSA) is 61.8 Å². The molecule has 0 heterocycles. The van der Waals surface area contributed by atoms with Gasteiger partial charge in [-0.05, 0) is 42.7 Å². The zero-order valence-corrected chi connectivity index (χ0v) is 11.1. The Hall–Kier alpha value is -1.36. The van der Waals surface area contributed by atoms with Crippen LogP contribution in [0.15, 0.2) is 29.4 Å². The first-order valence-electron chi connectivity index (χ1n) is 5.47. The molecule has 0 unspecified atom stereocenters. The van der Waals surface area contributed by atoms with Gasteiger partial charge in [0.25, 0.3) is 0 Å². The van der Waals surface area contributed by atoms with Gasteiger partial charge in [-0.1, -0.05) is 5.16 Å². The summed E-state index contributed by atoms with van der Waals surface area (Å²) < 4.78 is 0. The number of thioether (sulfide) groups is 1. The molecule has 0 saturated carbocycles. The second kappa shape index (κ2) is 7.06. The minimum atomic E-state index is 0.140. The second-order valence-electron chi connectivity index (χ2n) is 3.80. The van der Waals surface area contributed by atoms with Crippen LogP contribution < -0.4 is 10.6 Å². The van der Waals surface area contributed by atoms with E-state index in [1.54, 1.807) is 0 Å². The van der Waals surface area contributed by atoms with Crippen LogP contribution in [0.3, 0.4) is 0 Å². The van der Waals surface area contributed by atoms with Gasteiger partial charge in [0.2, 0.25) is 0 Å². The first kappa shape index (κ1) is 13.7. The molecule has 17 heavy (non-hydrogen) atoms. The molecular formula is C12H19N3OS. The fourth-order valence-corrected chi connectivity index (χ4v) is 1.94. The second-order valence-corrected chi connectivity index (χ2v) is 4.79. The lowest BCUT2D eigenvalue weighted by molar-refractivity contribution is 0.318. The number of oxime groups is 1. The van der Waals surface area contributed by atoms with Crippen molar-refractivity contribution in [2.24, 2.45) is 10.9 Å². The number of nitrogens with zero attached hydrogens (tertiary/aromatic N) is 2. The molecular weight excluding hydrogens is 234 g/mol. The van der Waals surface area contributed by atoms with Crippen LogP contribution in [0.25, 0.3) is 0 Å². The third-order valence-corrected chi connectivity index (χ3v) is 3.25. The van der Waals surface area contributed by atoms with Gasteiger partial charge in [0.05, 0.1) is 0 Å². The summed E-state index contributed by atoms with van der Waals surface area (Å²) in [5, 5.41) is 11.5. The average Bonchev–Trinajstić information content (AvgIpc) is 2.38. The highest BCUT2D eigenvalue weighted by Gasteiger charge is 2.02. The van der Waals surface area contributed by atoms with E-state index >= 15 is 0 Å². The fraction of sp³-hybridized carbons (Fsp3) is 0.417. The van der Waals surface area contributed by atoms with Crippen LogP contribution in [0.1, 0.15) is 12.0 Å². The Kier molecular flexibility index (Phi) is 5.69. The number of benzene rings is 1. The molecule has 0 spiro atoms. The Labute approximate surface area is 106 Å². The maximum Gasteiger partial charge on any atom is 0.170 e. The molecule has 4 nitrogen and oxygen atoms in total. The van der Waals surface area contributed by atoms with Gasteiger partial charge >= 0.3 is 0 Å². The highest BCUT2D eigenvalue weighted by Crippen LogP contribution is 2.14. The molecule has 1 aromatic carbocycles. The number of hydrogen-bond acceptors (Lipinski definition) is 4. The average molecular weight is 253 g/mol. The van der Waals surface area contributed by atoms with Gasteiger partial charge in [-0.3, -0.25) is 0 Å². The van der Waals surface area contributed by atoms with E-state index in [9.17, 15) is 0 Å². The number of amidine groups is 1. The van der Waals surface area contributed by atoms with Gasteiger partial charge in [0.1, 0.15) is 0 Å². The Bertz CT molecular complexity index is 365. The van der Waals surface area contributed by atoms with Gasteiger partial charge in [0.15, 0.2) is 5.84 Å². The van der Waals surface area contributed by atoms with Gasteiger partial charge in [-0.15, -0.1) is 0 Å². The summed E-state index contributed by atoms with van der Waals surface area (Å²) in [4.78, 5) is 2.20. The quantitative estimate of drug-likeness (QED) is 0.267. The van der Waals surface area contributed by atoms with Crippen molar-refractivity contribution in [3.63, 3.8) is 0 Å². The summed E-state index contributed by atoms with van der Waals surface area (Å²) in [6.45, 7) is 1.03. The number of nitrogens with two attached hydrogens (primary N) is 1. The van der Waals surface area contributed by atoms with Crippen LogP contribution in [-0.4, -0.2) is 36.6 Å². The molecule has 1 rings (SSSR count). The molecule has 0 fully saturated rings. The number of anilines is 1. The van der Waals surface area contributed by atoms with Gasteiger partial charge in [-0.2, -0.15) is 11.8 Å². The predicted octanol–water partition coefficient (Wildman–Crippen LogP) is 1.97. The lowest BCUT2D eigenvalue weighted by Gasteiger charge is -2.19. The van der Waals surface area contributed by atoms with Crippen LogP contribution >= 0.6 is 11.8 Å². The monoisotopic (exact) mass is 253 g/mol. The van der Waals surface area contributed by atoms with Gasteiger partial charge in [0, 0.05) is 24.8 Å². The first-order chi connectivity index (χ1) is 8.19. The van der Waals surface area contributed by atoms with Crippen LogP contribution in [0, 0.1) is 0 Å². The molecule has 0 aromatic heterocycles. The molecule has 0 saturated heterocycles. The van der Waals surface area contributed by atoms with Crippen LogP contribution in [0.4, 0.5) is 5.69 Å². The van der Waals surface area contributed by atoms with E-state index in [-0.39, 0.29) is 5.84 Å². The smallest absolute Gasteiger partial charge is 0.170 e. The summed E-state index contributed by atoms with van der Waals surface area (Å²) in [5.74, 6) is 1.31. The maximum atomic E-state index is 8.56. The Morgan fingerprint density at radius 2 is 2.06 bits per heavy atom. The lowest BCUT2D eigenvalue weighted by Crippen LogP contribution is -2.19. The van der Waals surface area contributed by atoms with Crippen molar-refractivity contribution >= 4 is 23.3 Å². The van der Waals surface area contributed by atoms with E-state index in [2.05, 4.69) is 23.4 Å². The first-order valence-corrected chi connectivity index (χ1v) is 6.86. The molecule has 3 N–H and O–H groups in total. The van der Waals surface area contributed by atoms with Crippen molar-refractivity contribution in [1.82, 2.24) is 0 Å². The van der Waals surface area contributed by atoms with Crippen molar-refractivity contribution in [2.45, 2.75) is 6.42 Å². The predicted molar refractivity (Wildman–Crippen MR) is 75.2 cm³/mol. The summed E-state index contributed by atoms with van der Waals surface area (Å²) in [7, 11) is 2.07. The highest BCUT2D eigenvalue weighted by atomic mass is 32.2. The van der Waals surface area contributed by atoms with E-state index in [1.165, 1.54) is 12.2 Å². The maximum absolute atomic E-state index is 8.56. The third kappa shape index (κ3) is 4.19. The normalized spacial score (nSPS) is 11.5. The van der Waals surface area contributed by atoms with Crippen LogP contribution in [-0.2, 0) is 0 Å². The zero-order valence-electron chi connectivity index (χ0n) is 10.3. The Morgan fingerprint density at radius 3 is 2.59 bits per heavy atom. The minimum Gasteiger partial charge on any atom is -0.409 e. The SMILES string of the molecule is CSCCCN(C)c1ccc(/C(N)=N/O)cc1. The molecule has 0 atom stereocenters. The summed E-state index contributed by atoms with van der Waals surface area (Å²) in [6.07, 6.45) is 3.28. The van der Waals surface area contributed by atoms with Crippen LogP contribution in [0.2, 0.25) is 0 Å². The van der Waals surface area contributed by atoms with Crippen LogP contribution in [0.5, 0.6) is 0 Å². The molecule has 0 bridgehead atoms. The van der Waals surface area contributed by atoms with E-state index in [0.29, 0.717) is 0 Å². The molecule has 5 heteroatoms. The molecule has 0 amide bonds. The number of hydrogen-bond donors (Lipinski definition) is 2. The van der Waals surface area contributed by atoms with Gasteiger partial charge < -0.3 is 15.8 Å². The van der Waals surface area contributed by atoms with E-state index < -0.39 is 0 Å². The van der Waals surface area contributed by atoms with Crippen molar-refractivity contribution in [3.05, 3.63) is 29.8 Å². The van der Waals surface area contributed by atoms with Crippen molar-refractivity contribution in [1.29, 1.82) is 0 Å². The Balaban J connectivity index is 2.61. The zero-order chi connectivity index (χ0) is 12.7.